The highest BCUT2D eigenvalue weighted by molar-refractivity contribution is 7.85. The van der Waals surface area contributed by atoms with Crippen molar-refractivity contribution in [3.63, 3.8) is 0 Å². The van der Waals surface area contributed by atoms with Gasteiger partial charge in [-0.2, -0.15) is 0 Å². The summed E-state index contributed by atoms with van der Waals surface area (Å²) >= 11 is 0. The van der Waals surface area contributed by atoms with Crippen LogP contribution in [0.1, 0.15) is 11.1 Å². The maximum absolute atomic E-state index is 12.2. The van der Waals surface area contributed by atoms with Crippen molar-refractivity contribution in [3.8, 4) is 0 Å². The number of hydrogen-bond acceptors (Lipinski definition) is 3. The first kappa shape index (κ1) is 15.4. The van der Waals surface area contributed by atoms with Crippen molar-refractivity contribution in [1.29, 1.82) is 0 Å². The van der Waals surface area contributed by atoms with Gasteiger partial charge in [0.1, 0.15) is 5.75 Å². The molecule has 1 amide bonds. The molecule has 2 aromatic carbocycles. The van der Waals surface area contributed by atoms with Crippen LogP contribution in [-0.4, -0.2) is 15.9 Å². The van der Waals surface area contributed by atoms with Gasteiger partial charge in [0.05, 0.1) is 10.8 Å². The number of nitrogens with two attached hydrogens (primary N) is 1. The minimum Gasteiger partial charge on any atom is -0.326 e. The summed E-state index contributed by atoms with van der Waals surface area (Å²) in [6.07, 6.45) is 0. The van der Waals surface area contributed by atoms with Crippen molar-refractivity contribution in [2.24, 2.45) is 5.73 Å². The van der Waals surface area contributed by atoms with E-state index in [0.29, 0.717) is 17.1 Å². The molecule has 2 rings (SSSR count). The van der Waals surface area contributed by atoms with E-state index in [2.05, 4.69) is 5.32 Å². The molecule has 3 N–H and O–H groups in total. The molecule has 0 radical (unpaired) electrons. The molecule has 0 aromatic heterocycles. The molecule has 1 atom stereocenters. The van der Waals surface area contributed by atoms with Crippen molar-refractivity contribution >= 4 is 22.4 Å². The Kier molecular flexibility index (Phi) is 5.25. The molecule has 0 bridgehead atoms. The van der Waals surface area contributed by atoms with Crippen LogP contribution in [-0.2, 0) is 22.1 Å². The van der Waals surface area contributed by atoms with Gasteiger partial charge in [-0.05, 0) is 36.2 Å². The van der Waals surface area contributed by atoms with E-state index in [1.807, 2.05) is 43.3 Å². The predicted octanol–water partition coefficient (Wildman–Crippen LogP) is 2.20. The van der Waals surface area contributed by atoms with Gasteiger partial charge < -0.3 is 11.1 Å². The molecule has 0 saturated carbocycles. The maximum Gasteiger partial charge on any atom is 0.237 e. The smallest absolute Gasteiger partial charge is 0.237 e. The Labute approximate surface area is 126 Å². The van der Waals surface area contributed by atoms with Crippen LogP contribution in [0.2, 0.25) is 0 Å². The fraction of sp³-hybridized carbons (Fsp3) is 0.188. The summed E-state index contributed by atoms with van der Waals surface area (Å²) in [7, 11) is -1.34. The van der Waals surface area contributed by atoms with Crippen molar-refractivity contribution in [1.82, 2.24) is 0 Å². The first-order valence-electron chi connectivity index (χ1n) is 6.63. The first-order chi connectivity index (χ1) is 10.1. The Morgan fingerprint density at radius 3 is 2.67 bits per heavy atom. The lowest BCUT2D eigenvalue weighted by Gasteiger charge is -2.08. The third kappa shape index (κ3) is 4.24. The lowest BCUT2D eigenvalue weighted by Crippen LogP contribution is -2.20. The number of rotatable bonds is 5. The van der Waals surface area contributed by atoms with Crippen molar-refractivity contribution in [2.45, 2.75) is 18.4 Å². The van der Waals surface area contributed by atoms with E-state index in [9.17, 15) is 9.00 Å². The quantitative estimate of drug-likeness (QED) is 0.889. The van der Waals surface area contributed by atoms with Crippen LogP contribution in [0.4, 0.5) is 5.69 Å². The summed E-state index contributed by atoms with van der Waals surface area (Å²) in [5, 5.41) is 2.75. The highest BCUT2D eigenvalue weighted by Crippen LogP contribution is 2.14. The first-order valence-corrected chi connectivity index (χ1v) is 7.95. The molecule has 0 aliphatic heterocycles. The molecular formula is C16H18N2O2S. The highest BCUT2D eigenvalue weighted by Gasteiger charge is 2.12. The van der Waals surface area contributed by atoms with Gasteiger partial charge in [-0.25, -0.2) is 0 Å². The van der Waals surface area contributed by atoms with Gasteiger partial charge in [0.2, 0.25) is 5.91 Å². The van der Waals surface area contributed by atoms with Crippen LogP contribution in [0.25, 0.3) is 0 Å². The predicted molar refractivity (Wildman–Crippen MR) is 85.4 cm³/mol. The molecular weight excluding hydrogens is 284 g/mol. The largest absolute Gasteiger partial charge is 0.326 e. The van der Waals surface area contributed by atoms with Crippen LogP contribution < -0.4 is 11.1 Å². The Balaban J connectivity index is 2.01. The molecule has 21 heavy (non-hydrogen) atoms. The lowest BCUT2D eigenvalue weighted by atomic mass is 10.2. The number of carbonyl (C=O) groups is 1. The van der Waals surface area contributed by atoms with E-state index in [1.165, 1.54) is 0 Å². The second-order valence-electron chi connectivity index (χ2n) is 4.71. The molecule has 0 aliphatic carbocycles. The van der Waals surface area contributed by atoms with Crippen molar-refractivity contribution in [2.75, 3.05) is 11.1 Å². The fourth-order valence-electron chi connectivity index (χ4n) is 1.98. The zero-order valence-corrected chi connectivity index (χ0v) is 12.7. The summed E-state index contributed by atoms with van der Waals surface area (Å²) < 4.78 is 12.2. The Morgan fingerprint density at radius 1 is 1.19 bits per heavy atom. The SMILES string of the molecule is Cc1ccccc1S(=O)CC(=O)Nc1cccc(CN)c1. The number of anilines is 1. The summed E-state index contributed by atoms with van der Waals surface area (Å²) in [5.41, 5.74) is 8.10. The van der Waals surface area contributed by atoms with Gasteiger partial charge in [-0.1, -0.05) is 30.3 Å². The van der Waals surface area contributed by atoms with Crippen molar-refractivity contribution in [3.05, 3.63) is 59.7 Å². The van der Waals surface area contributed by atoms with Gasteiger partial charge in [0.25, 0.3) is 0 Å². The molecule has 2 aromatic rings. The molecule has 5 heteroatoms. The van der Waals surface area contributed by atoms with Gasteiger partial charge >= 0.3 is 0 Å². The fourth-order valence-corrected chi connectivity index (χ4v) is 3.11. The lowest BCUT2D eigenvalue weighted by molar-refractivity contribution is -0.113. The van der Waals surface area contributed by atoms with E-state index in [0.717, 1.165) is 11.1 Å². The maximum atomic E-state index is 12.2. The minimum absolute atomic E-state index is 0.0578. The molecule has 0 spiro atoms. The standard InChI is InChI=1S/C16H18N2O2S/c1-12-5-2-3-8-15(12)21(20)11-16(19)18-14-7-4-6-13(9-14)10-17/h2-9H,10-11,17H2,1H3,(H,18,19). The number of nitrogens with one attached hydrogen (secondary N) is 1. The molecule has 4 nitrogen and oxygen atoms in total. The molecule has 0 saturated heterocycles. The monoisotopic (exact) mass is 302 g/mol. The summed E-state index contributed by atoms with van der Waals surface area (Å²) in [5.74, 6) is -0.330. The van der Waals surface area contributed by atoms with E-state index in [1.54, 1.807) is 12.1 Å². The van der Waals surface area contributed by atoms with Crippen molar-refractivity contribution < 1.29 is 9.00 Å². The van der Waals surface area contributed by atoms with Gasteiger partial charge in [-0.15, -0.1) is 0 Å². The van der Waals surface area contributed by atoms with Gasteiger partial charge in [-0.3, -0.25) is 9.00 Å². The Bertz CT molecular complexity index is 671. The third-order valence-corrected chi connectivity index (χ3v) is 4.52. The Hall–Kier alpha value is -1.98. The topological polar surface area (TPSA) is 72.2 Å². The van der Waals surface area contributed by atoms with E-state index in [-0.39, 0.29) is 11.7 Å². The highest BCUT2D eigenvalue weighted by atomic mass is 32.2. The second-order valence-corrected chi connectivity index (χ2v) is 6.13. The Morgan fingerprint density at radius 2 is 1.95 bits per heavy atom. The van der Waals surface area contributed by atoms with Crippen LogP contribution >= 0.6 is 0 Å². The number of hydrogen-bond donors (Lipinski definition) is 2. The molecule has 0 heterocycles. The van der Waals surface area contributed by atoms with Crippen LogP contribution in [0.15, 0.2) is 53.4 Å². The minimum atomic E-state index is -1.34. The van der Waals surface area contributed by atoms with Crippen LogP contribution in [0.5, 0.6) is 0 Å². The average molecular weight is 302 g/mol. The number of benzene rings is 2. The normalized spacial score (nSPS) is 11.9. The molecule has 1 unspecified atom stereocenters. The number of carbonyl (C=O) groups excluding carboxylic acids is 1. The number of aryl methyl sites for hydroxylation is 1. The van der Waals surface area contributed by atoms with Gasteiger partial charge in [0.15, 0.2) is 0 Å². The van der Waals surface area contributed by atoms with Gasteiger partial charge in [0, 0.05) is 17.1 Å². The zero-order valence-electron chi connectivity index (χ0n) is 11.8. The van der Waals surface area contributed by atoms with Crippen LogP contribution in [0.3, 0.4) is 0 Å². The molecule has 110 valence electrons. The average Bonchev–Trinajstić information content (AvgIpc) is 2.47. The number of amides is 1. The van der Waals surface area contributed by atoms with E-state index in [4.69, 9.17) is 5.73 Å². The molecule has 0 aliphatic rings. The second kappa shape index (κ2) is 7.15. The zero-order chi connectivity index (χ0) is 15.2. The van der Waals surface area contributed by atoms with E-state index < -0.39 is 10.8 Å². The van der Waals surface area contributed by atoms with E-state index >= 15 is 0 Å². The summed E-state index contributed by atoms with van der Waals surface area (Å²) in [6.45, 7) is 2.30. The van der Waals surface area contributed by atoms with Crippen LogP contribution in [0, 0.1) is 6.92 Å². The summed E-state index contributed by atoms with van der Waals surface area (Å²) in [4.78, 5) is 12.7. The molecule has 0 fully saturated rings. The summed E-state index contributed by atoms with van der Waals surface area (Å²) in [6, 6.07) is 14.7. The third-order valence-electron chi connectivity index (χ3n) is 3.05.